The summed E-state index contributed by atoms with van der Waals surface area (Å²) in [7, 11) is -3.92. The van der Waals surface area contributed by atoms with E-state index in [2.05, 4.69) is 4.98 Å². The maximum atomic E-state index is 13.5. The van der Waals surface area contributed by atoms with Gasteiger partial charge in [-0.3, -0.25) is 19.3 Å². The minimum Gasteiger partial charge on any atom is -0.508 e. The summed E-state index contributed by atoms with van der Waals surface area (Å²) in [5, 5.41) is 9.87. The van der Waals surface area contributed by atoms with E-state index in [0.717, 1.165) is 22.4 Å². The number of aromatic nitrogens is 1. The Balaban J connectivity index is 1.61. The number of rotatable bonds is 6. The molecule has 0 radical (unpaired) electrons. The summed E-state index contributed by atoms with van der Waals surface area (Å²) >= 11 is 6.92. The molecule has 2 heterocycles. The summed E-state index contributed by atoms with van der Waals surface area (Å²) in [4.78, 5) is 45.3. The number of benzene rings is 3. The van der Waals surface area contributed by atoms with Gasteiger partial charge in [0.25, 0.3) is 5.91 Å². The number of Topliss-reactive ketones (excluding diaryl/α,β-unsaturated/α-hetero) is 2. The van der Waals surface area contributed by atoms with Crippen LogP contribution in [0.1, 0.15) is 22.0 Å². The molecule has 0 aliphatic carbocycles. The Bertz CT molecular complexity index is 1640. The van der Waals surface area contributed by atoms with Crippen LogP contribution in [0.25, 0.3) is 0 Å². The Hall–Kier alpha value is -3.86. The maximum Gasteiger partial charge on any atom is 0.297 e. The second-order valence-electron chi connectivity index (χ2n) is 8.21. The number of phenolic OH excluding ortho intramolecular Hbond substituents is 1. The number of halogens is 1. The van der Waals surface area contributed by atoms with Gasteiger partial charge in [-0.05, 0) is 54.1 Å². The van der Waals surface area contributed by atoms with E-state index in [0.29, 0.717) is 10.6 Å². The molecular weight excluding hydrogens is 536 g/mol. The number of anilines is 1. The molecule has 4 aromatic rings. The summed E-state index contributed by atoms with van der Waals surface area (Å²) in [5.41, 5.74) is 0.538. The first kappa shape index (κ1) is 24.8. The molecule has 3 aromatic carbocycles. The fourth-order valence-corrected chi connectivity index (χ4v) is 6.95. The zero-order valence-corrected chi connectivity index (χ0v) is 21.2. The molecule has 2 atom stereocenters. The summed E-state index contributed by atoms with van der Waals surface area (Å²) in [6, 6.07) is 18.4. The highest BCUT2D eigenvalue weighted by Gasteiger charge is 2.53. The summed E-state index contributed by atoms with van der Waals surface area (Å²) < 4.78 is 26.1. The van der Waals surface area contributed by atoms with Crippen LogP contribution in [0.3, 0.4) is 0 Å². The van der Waals surface area contributed by atoms with Crippen LogP contribution in [0, 0.1) is 5.92 Å². The first-order chi connectivity index (χ1) is 17.7. The third-order valence-corrected chi connectivity index (χ3v) is 9.39. The minimum atomic E-state index is -3.92. The smallest absolute Gasteiger partial charge is 0.297 e. The van der Waals surface area contributed by atoms with Gasteiger partial charge in [0.1, 0.15) is 15.9 Å². The van der Waals surface area contributed by atoms with E-state index in [1.807, 2.05) is 0 Å². The van der Waals surface area contributed by atoms with Crippen molar-refractivity contribution in [1.82, 2.24) is 4.98 Å². The molecule has 5 rings (SSSR count). The van der Waals surface area contributed by atoms with E-state index in [4.69, 9.17) is 11.6 Å². The lowest BCUT2D eigenvalue weighted by Gasteiger charge is -2.25. The molecule has 1 aromatic heterocycles. The van der Waals surface area contributed by atoms with Crippen molar-refractivity contribution in [1.29, 1.82) is 0 Å². The molecule has 1 aliphatic heterocycles. The Labute approximate surface area is 220 Å². The highest BCUT2D eigenvalue weighted by atomic mass is 35.5. The molecule has 2 unspecified atom stereocenters. The largest absolute Gasteiger partial charge is 0.508 e. The van der Waals surface area contributed by atoms with Crippen molar-refractivity contribution in [2.45, 2.75) is 15.1 Å². The van der Waals surface area contributed by atoms with Crippen LogP contribution in [-0.2, 0) is 19.4 Å². The van der Waals surface area contributed by atoms with Gasteiger partial charge < -0.3 is 5.11 Å². The number of ketones is 2. The molecule has 8 nitrogen and oxygen atoms in total. The van der Waals surface area contributed by atoms with Crippen molar-refractivity contribution >= 4 is 55.4 Å². The zero-order chi connectivity index (χ0) is 26.3. The van der Waals surface area contributed by atoms with Gasteiger partial charge >= 0.3 is 0 Å². The van der Waals surface area contributed by atoms with Gasteiger partial charge in [-0.2, -0.15) is 0 Å². The van der Waals surface area contributed by atoms with Crippen molar-refractivity contribution in [3.63, 3.8) is 0 Å². The average Bonchev–Trinajstić information content (AvgIpc) is 3.48. The lowest BCUT2D eigenvalue weighted by Crippen LogP contribution is -2.30. The molecule has 1 amide bonds. The number of carbonyl (C=O) groups excluding carboxylic acids is 3. The number of nitrogens with zero attached hydrogens (tertiary/aromatic N) is 2. The molecule has 1 fully saturated rings. The molecule has 0 bridgehead atoms. The van der Waals surface area contributed by atoms with Gasteiger partial charge in [-0.15, -0.1) is 0 Å². The topological polar surface area (TPSA) is 122 Å². The van der Waals surface area contributed by atoms with E-state index in [9.17, 15) is 27.9 Å². The number of amides is 1. The molecule has 11 heteroatoms. The van der Waals surface area contributed by atoms with Crippen molar-refractivity contribution in [2.75, 3.05) is 4.90 Å². The quantitative estimate of drug-likeness (QED) is 0.212. The van der Waals surface area contributed by atoms with Crippen LogP contribution in [0.4, 0.5) is 5.13 Å². The molecule has 0 saturated carbocycles. The predicted molar refractivity (Wildman–Crippen MR) is 137 cm³/mol. The number of carbonyl (C=O) groups is 3. The van der Waals surface area contributed by atoms with Crippen LogP contribution in [0.15, 0.2) is 94.2 Å². The number of thiazole rings is 1. The van der Waals surface area contributed by atoms with Crippen LogP contribution in [0.2, 0.25) is 5.02 Å². The number of aromatic hydroxyl groups is 1. The highest BCUT2D eigenvalue weighted by Crippen LogP contribution is 2.44. The number of phenols is 1. The van der Waals surface area contributed by atoms with E-state index in [1.165, 1.54) is 42.5 Å². The fraction of sp³-hybridized carbons (Fsp3) is 0.0769. The fourth-order valence-electron chi connectivity index (χ4n) is 4.18. The Morgan fingerprint density at radius 1 is 0.973 bits per heavy atom. The summed E-state index contributed by atoms with van der Waals surface area (Å²) in [6.07, 6.45) is 1.13. The lowest BCUT2D eigenvalue weighted by atomic mass is 9.86. The normalized spacial score (nSPS) is 17.8. The third kappa shape index (κ3) is 4.43. The Morgan fingerprint density at radius 3 is 2.35 bits per heavy atom. The van der Waals surface area contributed by atoms with Crippen molar-refractivity contribution in [2.24, 2.45) is 5.92 Å². The highest BCUT2D eigenvalue weighted by molar-refractivity contribution is 7.93. The van der Waals surface area contributed by atoms with Crippen molar-refractivity contribution in [3.05, 3.63) is 101 Å². The molecule has 37 heavy (non-hydrogen) atoms. The van der Waals surface area contributed by atoms with E-state index in [-0.39, 0.29) is 25.5 Å². The first-order valence-corrected chi connectivity index (χ1v) is 13.6. The maximum absolute atomic E-state index is 13.5. The molecule has 1 aliphatic rings. The van der Waals surface area contributed by atoms with E-state index in [1.54, 1.807) is 36.4 Å². The Morgan fingerprint density at radius 2 is 1.68 bits per heavy atom. The lowest BCUT2D eigenvalue weighted by molar-refractivity contribution is -0.135. The summed E-state index contributed by atoms with van der Waals surface area (Å²) in [6.45, 7) is 0. The zero-order valence-electron chi connectivity index (χ0n) is 18.8. The summed E-state index contributed by atoms with van der Waals surface area (Å²) in [5.74, 6) is -4.06. The molecule has 1 saturated heterocycles. The average molecular weight is 553 g/mol. The SMILES string of the molecule is O=C1C(=O)N(c2ncc(S(=O)(=O)c3ccccc3)s2)C(c2cccc(Cl)c2)C1C(=O)c1ccc(O)cc1. The number of sulfone groups is 1. The van der Waals surface area contributed by atoms with Gasteiger partial charge in [0.05, 0.1) is 17.1 Å². The Kier molecular flexibility index (Phi) is 6.40. The van der Waals surface area contributed by atoms with E-state index >= 15 is 0 Å². The van der Waals surface area contributed by atoms with Gasteiger partial charge in [0.15, 0.2) is 10.9 Å². The number of hydrogen-bond acceptors (Lipinski definition) is 8. The van der Waals surface area contributed by atoms with Gasteiger partial charge in [0.2, 0.25) is 15.6 Å². The van der Waals surface area contributed by atoms with Crippen molar-refractivity contribution < 1.29 is 27.9 Å². The second-order valence-corrected chi connectivity index (χ2v) is 11.8. The van der Waals surface area contributed by atoms with Crippen LogP contribution < -0.4 is 4.90 Å². The monoisotopic (exact) mass is 552 g/mol. The second kappa shape index (κ2) is 9.55. The minimum absolute atomic E-state index is 0.0427. The molecule has 1 N–H and O–H groups in total. The van der Waals surface area contributed by atoms with E-state index < -0.39 is 39.3 Å². The van der Waals surface area contributed by atoms with Crippen LogP contribution >= 0.6 is 22.9 Å². The van der Waals surface area contributed by atoms with Crippen molar-refractivity contribution in [3.8, 4) is 5.75 Å². The standard InChI is InChI=1S/C26H17ClN2O6S2/c27-17-6-4-5-16(13-17)22-21(23(31)15-9-11-18(30)12-10-15)24(32)25(33)29(22)26-28-14-20(36-26)37(34,35)19-7-2-1-3-8-19/h1-14,21-22,30H. The van der Waals surface area contributed by atoms with Crippen LogP contribution in [0.5, 0.6) is 5.75 Å². The predicted octanol–water partition coefficient (Wildman–Crippen LogP) is 4.49. The van der Waals surface area contributed by atoms with Gasteiger partial charge in [-0.25, -0.2) is 13.4 Å². The first-order valence-electron chi connectivity index (χ1n) is 10.9. The molecular formula is C26H17ClN2O6S2. The number of hydrogen-bond donors (Lipinski definition) is 1. The van der Waals surface area contributed by atoms with Gasteiger partial charge in [0, 0.05) is 10.6 Å². The van der Waals surface area contributed by atoms with Gasteiger partial charge in [-0.1, -0.05) is 53.3 Å². The third-order valence-electron chi connectivity index (χ3n) is 5.93. The molecule has 186 valence electrons. The molecule has 0 spiro atoms. The van der Waals surface area contributed by atoms with Crippen LogP contribution in [-0.4, -0.2) is 36.0 Å².